The molecule has 0 radical (unpaired) electrons. The molecule has 2 N–H and O–H groups in total. The molecular weight excluding hydrogens is 242 g/mol. The van der Waals surface area contributed by atoms with Crippen LogP contribution in [0.15, 0.2) is 6.33 Å². The third-order valence-electron chi connectivity index (χ3n) is 3.79. The molecular formula is C13H23N5O. The second-order valence-electron chi connectivity index (χ2n) is 5.05. The zero-order valence-electron chi connectivity index (χ0n) is 12.1. The molecule has 1 aliphatic rings. The molecule has 2 rings (SSSR count). The number of hydrogen-bond donors (Lipinski definition) is 2. The molecule has 0 amide bonds. The summed E-state index contributed by atoms with van der Waals surface area (Å²) in [5, 5.41) is 6.50. The van der Waals surface area contributed by atoms with Gasteiger partial charge in [0, 0.05) is 25.7 Å². The topological polar surface area (TPSA) is 62.3 Å². The number of rotatable bonds is 4. The number of nitrogens with zero attached hydrogens (tertiary/aromatic N) is 3. The average molecular weight is 265 g/mol. The minimum Gasteiger partial charge on any atom is -0.490 e. The molecule has 106 valence electrons. The van der Waals surface area contributed by atoms with Crippen molar-refractivity contribution in [1.29, 1.82) is 0 Å². The number of nitrogens with one attached hydrogen (secondary N) is 2. The summed E-state index contributed by atoms with van der Waals surface area (Å²) in [6, 6.07) is 1.02. The maximum atomic E-state index is 5.40. The van der Waals surface area contributed by atoms with Crippen molar-refractivity contribution in [3.63, 3.8) is 0 Å². The Balaban J connectivity index is 2.11. The summed E-state index contributed by atoms with van der Waals surface area (Å²) in [4.78, 5) is 10.8. The fourth-order valence-corrected chi connectivity index (χ4v) is 2.46. The van der Waals surface area contributed by atoms with Gasteiger partial charge in [-0.15, -0.1) is 0 Å². The molecule has 1 aromatic rings. The Bertz CT molecular complexity index is 425. The lowest BCUT2D eigenvalue weighted by Gasteiger charge is -2.35. The predicted molar refractivity (Wildman–Crippen MR) is 76.9 cm³/mol. The van der Waals surface area contributed by atoms with Gasteiger partial charge in [0.15, 0.2) is 11.6 Å². The molecule has 19 heavy (non-hydrogen) atoms. The summed E-state index contributed by atoms with van der Waals surface area (Å²) >= 11 is 0. The van der Waals surface area contributed by atoms with Gasteiger partial charge < -0.3 is 20.3 Å². The molecule has 1 saturated heterocycles. The number of hydrogen-bond acceptors (Lipinski definition) is 6. The summed E-state index contributed by atoms with van der Waals surface area (Å²) in [7, 11) is 5.64. The third-order valence-corrected chi connectivity index (χ3v) is 3.79. The Labute approximate surface area is 114 Å². The highest BCUT2D eigenvalue weighted by Gasteiger charge is 2.24. The molecule has 1 aliphatic heterocycles. The van der Waals surface area contributed by atoms with Gasteiger partial charge in [0.1, 0.15) is 6.33 Å². The molecule has 0 aromatic carbocycles. The first-order valence-electron chi connectivity index (χ1n) is 6.69. The largest absolute Gasteiger partial charge is 0.490 e. The van der Waals surface area contributed by atoms with Gasteiger partial charge in [0.05, 0.1) is 7.11 Å². The van der Waals surface area contributed by atoms with Crippen LogP contribution in [0.3, 0.4) is 0 Å². The fraction of sp³-hybridized carbons (Fsp3) is 0.692. The van der Waals surface area contributed by atoms with Crippen molar-refractivity contribution >= 4 is 11.6 Å². The maximum Gasteiger partial charge on any atom is 0.204 e. The van der Waals surface area contributed by atoms with E-state index in [0.29, 0.717) is 23.7 Å². The van der Waals surface area contributed by atoms with Crippen molar-refractivity contribution in [1.82, 2.24) is 14.9 Å². The van der Waals surface area contributed by atoms with E-state index in [1.807, 2.05) is 7.05 Å². The first kappa shape index (κ1) is 13.9. The Morgan fingerprint density at radius 2 is 2.11 bits per heavy atom. The van der Waals surface area contributed by atoms with Gasteiger partial charge in [0.2, 0.25) is 5.75 Å². The maximum absolute atomic E-state index is 5.40. The molecule has 6 nitrogen and oxygen atoms in total. The molecule has 2 heterocycles. The van der Waals surface area contributed by atoms with Crippen molar-refractivity contribution in [3.05, 3.63) is 6.33 Å². The highest BCUT2D eigenvalue weighted by molar-refractivity contribution is 5.63. The Morgan fingerprint density at radius 1 is 1.37 bits per heavy atom. The Morgan fingerprint density at radius 3 is 2.74 bits per heavy atom. The number of methoxy groups -OCH3 is 1. The van der Waals surface area contributed by atoms with E-state index in [-0.39, 0.29) is 0 Å². The molecule has 0 bridgehead atoms. The van der Waals surface area contributed by atoms with Crippen molar-refractivity contribution in [3.8, 4) is 5.75 Å². The van der Waals surface area contributed by atoms with Gasteiger partial charge in [-0.3, -0.25) is 0 Å². The number of likely N-dealkylation sites (tertiary alicyclic amines) is 1. The van der Waals surface area contributed by atoms with Crippen LogP contribution in [0.25, 0.3) is 0 Å². The predicted octanol–water partition coefficient (Wildman–Crippen LogP) is 1.42. The lowest BCUT2D eigenvalue weighted by atomic mass is 9.99. The second kappa shape index (κ2) is 6.06. The SMILES string of the molecule is CNc1ncnc(NC2CCN(C)C(C)C2)c1OC. The molecule has 0 aliphatic carbocycles. The van der Waals surface area contributed by atoms with Gasteiger partial charge >= 0.3 is 0 Å². The van der Waals surface area contributed by atoms with Crippen LogP contribution < -0.4 is 15.4 Å². The minimum absolute atomic E-state index is 0.430. The van der Waals surface area contributed by atoms with Gasteiger partial charge in [-0.1, -0.05) is 0 Å². The van der Waals surface area contributed by atoms with Crippen LogP contribution in [-0.2, 0) is 0 Å². The average Bonchev–Trinajstić information content (AvgIpc) is 2.42. The Kier molecular flexibility index (Phi) is 4.42. The van der Waals surface area contributed by atoms with Crippen molar-refractivity contribution in [2.45, 2.75) is 31.8 Å². The van der Waals surface area contributed by atoms with Crippen LogP contribution in [0.5, 0.6) is 5.75 Å². The van der Waals surface area contributed by atoms with E-state index in [1.54, 1.807) is 13.4 Å². The van der Waals surface area contributed by atoms with Crippen LogP contribution in [0.1, 0.15) is 19.8 Å². The Hall–Kier alpha value is -1.56. The summed E-state index contributed by atoms with van der Waals surface area (Å²) in [5.74, 6) is 2.15. The van der Waals surface area contributed by atoms with Crippen LogP contribution in [0.2, 0.25) is 0 Å². The first-order chi connectivity index (χ1) is 9.15. The third kappa shape index (κ3) is 3.07. The van der Waals surface area contributed by atoms with E-state index < -0.39 is 0 Å². The van der Waals surface area contributed by atoms with E-state index in [9.17, 15) is 0 Å². The normalized spacial score (nSPS) is 24.0. The second-order valence-corrected chi connectivity index (χ2v) is 5.05. The molecule has 1 aromatic heterocycles. The summed E-state index contributed by atoms with van der Waals surface area (Å²) in [6.07, 6.45) is 3.77. The smallest absolute Gasteiger partial charge is 0.204 e. The van der Waals surface area contributed by atoms with Gasteiger partial charge in [-0.2, -0.15) is 0 Å². The van der Waals surface area contributed by atoms with Crippen molar-refractivity contribution < 1.29 is 4.74 Å². The number of aromatic nitrogens is 2. The van der Waals surface area contributed by atoms with Crippen LogP contribution >= 0.6 is 0 Å². The summed E-state index contributed by atoms with van der Waals surface area (Å²) in [6.45, 7) is 3.36. The zero-order valence-corrected chi connectivity index (χ0v) is 12.1. The number of piperidine rings is 1. The minimum atomic E-state index is 0.430. The molecule has 0 saturated carbocycles. The van der Waals surface area contributed by atoms with Gasteiger partial charge in [-0.05, 0) is 26.8 Å². The molecule has 2 unspecified atom stereocenters. The lowest BCUT2D eigenvalue weighted by Crippen LogP contribution is -2.42. The number of ether oxygens (including phenoxy) is 1. The van der Waals surface area contributed by atoms with Gasteiger partial charge in [0.25, 0.3) is 0 Å². The quantitative estimate of drug-likeness (QED) is 0.858. The van der Waals surface area contributed by atoms with E-state index in [2.05, 4.69) is 39.5 Å². The summed E-state index contributed by atoms with van der Waals surface area (Å²) in [5.41, 5.74) is 0. The van der Waals surface area contributed by atoms with Gasteiger partial charge in [-0.25, -0.2) is 9.97 Å². The van der Waals surface area contributed by atoms with E-state index in [0.717, 1.165) is 25.2 Å². The fourth-order valence-electron chi connectivity index (χ4n) is 2.46. The van der Waals surface area contributed by atoms with Crippen molar-refractivity contribution in [2.24, 2.45) is 0 Å². The molecule has 0 spiro atoms. The highest BCUT2D eigenvalue weighted by Crippen LogP contribution is 2.30. The number of anilines is 2. The zero-order chi connectivity index (χ0) is 13.8. The van der Waals surface area contributed by atoms with E-state index in [1.165, 1.54) is 0 Å². The molecule has 6 heteroatoms. The first-order valence-corrected chi connectivity index (χ1v) is 6.69. The van der Waals surface area contributed by atoms with Crippen LogP contribution in [0.4, 0.5) is 11.6 Å². The summed E-state index contributed by atoms with van der Waals surface area (Å²) < 4.78 is 5.40. The van der Waals surface area contributed by atoms with Crippen LogP contribution in [-0.4, -0.2) is 54.7 Å². The molecule has 1 fully saturated rings. The van der Waals surface area contributed by atoms with Crippen molar-refractivity contribution in [2.75, 3.05) is 38.4 Å². The monoisotopic (exact) mass is 265 g/mol. The standard InChI is InChI=1S/C13H23N5O/c1-9-7-10(5-6-18(9)3)17-13-11(19-4)12(14-2)15-8-16-13/h8-10H,5-7H2,1-4H3,(H2,14,15,16,17). The highest BCUT2D eigenvalue weighted by atomic mass is 16.5. The lowest BCUT2D eigenvalue weighted by molar-refractivity contribution is 0.190. The van der Waals surface area contributed by atoms with E-state index >= 15 is 0 Å². The van der Waals surface area contributed by atoms with Crippen LogP contribution in [0, 0.1) is 0 Å². The molecule has 2 atom stereocenters. The van der Waals surface area contributed by atoms with E-state index in [4.69, 9.17) is 4.74 Å².